The van der Waals surface area contributed by atoms with Crippen molar-refractivity contribution in [3.8, 4) is 0 Å². The highest BCUT2D eigenvalue weighted by molar-refractivity contribution is 7.21. The van der Waals surface area contributed by atoms with Crippen molar-refractivity contribution in [2.24, 2.45) is 0 Å². The van der Waals surface area contributed by atoms with Gasteiger partial charge in [-0.2, -0.15) is 0 Å². The van der Waals surface area contributed by atoms with Crippen LogP contribution in [0.15, 0.2) is 24.3 Å². The number of nitrogens with zero attached hydrogens (tertiary/aromatic N) is 1. The molecule has 0 radical (unpaired) electrons. The summed E-state index contributed by atoms with van der Waals surface area (Å²) >= 11 is 1.56. The molecule has 0 bridgehead atoms. The summed E-state index contributed by atoms with van der Waals surface area (Å²) in [6.07, 6.45) is 3.00. The Labute approximate surface area is 153 Å². The van der Waals surface area contributed by atoms with Crippen molar-refractivity contribution in [1.82, 2.24) is 4.90 Å². The van der Waals surface area contributed by atoms with Crippen LogP contribution in [0.1, 0.15) is 55.3 Å². The first-order chi connectivity index (χ1) is 12.1. The molecule has 1 heterocycles. The normalized spacial score (nSPS) is 10.8. The van der Waals surface area contributed by atoms with E-state index in [4.69, 9.17) is 4.74 Å². The van der Waals surface area contributed by atoms with E-state index in [9.17, 15) is 9.59 Å². The fourth-order valence-corrected chi connectivity index (χ4v) is 4.18. The van der Waals surface area contributed by atoms with Gasteiger partial charge in [0.15, 0.2) is 0 Å². The third-order valence-corrected chi connectivity index (χ3v) is 5.27. The molecule has 1 aromatic heterocycles. The molecular formula is C20H27NO3S. The van der Waals surface area contributed by atoms with Crippen LogP contribution in [-0.4, -0.2) is 36.5 Å². The first-order valence-electron chi connectivity index (χ1n) is 9.07. The van der Waals surface area contributed by atoms with Gasteiger partial charge in [-0.3, -0.25) is 9.59 Å². The molecule has 0 saturated heterocycles. The zero-order valence-corrected chi connectivity index (χ0v) is 16.2. The average molecular weight is 362 g/mol. The first kappa shape index (κ1) is 19.4. The number of hydrogen-bond acceptors (Lipinski definition) is 4. The average Bonchev–Trinajstić information content (AvgIpc) is 2.97. The molecule has 1 aromatic carbocycles. The minimum atomic E-state index is -0.249. The molecule has 0 atom stereocenters. The van der Waals surface area contributed by atoms with Crippen LogP contribution in [0.4, 0.5) is 0 Å². The number of carbonyl (C=O) groups excluding carboxylic acids is 2. The van der Waals surface area contributed by atoms with E-state index in [0.717, 1.165) is 34.4 Å². The summed E-state index contributed by atoms with van der Waals surface area (Å²) in [4.78, 5) is 27.4. The Morgan fingerprint density at radius 2 is 1.84 bits per heavy atom. The molecule has 0 fully saturated rings. The van der Waals surface area contributed by atoms with Gasteiger partial charge >= 0.3 is 5.97 Å². The van der Waals surface area contributed by atoms with E-state index < -0.39 is 0 Å². The number of aryl methyl sites for hydroxylation is 1. The summed E-state index contributed by atoms with van der Waals surface area (Å²) in [5.41, 5.74) is 1.14. The van der Waals surface area contributed by atoms with Crippen molar-refractivity contribution < 1.29 is 14.3 Å². The molecular weight excluding hydrogens is 334 g/mol. The molecule has 136 valence electrons. The molecule has 1 amide bonds. The zero-order valence-electron chi connectivity index (χ0n) is 15.3. The predicted octanol–water partition coefficient (Wildman–Crippen LogP) is 4.66. The van der Waals surface area contributed by atoms with Crippen LogP contribution in [0.25, 0.3) is 10.1 Å². The standard InChI is InChI=1S/C20H27NO3S/c1-4-9-16-15-10-7-8-11-17(15)25-19(16)20(23)21(13-5-2)14-12-18(22)24-6-3/h7-8,10-11H,4-6,9,12-14H2,1-3H3. The zero-order chi connectivity index (χ0) is 18.2. The largest absolute Gasteiger partial charge is 0.466 e. The maximum atomic E-state index is 13.2. The van der Waals surface area contributed by atoms with Crippen LogP contribution in [0.2, 0.25) is 0 Å². The molecule has 2 rings (SSSR count). The second kappa shape index (κ2) is 9.56. The fraction of sp³-hybridized carbons (Fsp3) is 0.500. The molecule has 0 saturated carbocycles. The number of thiophene rings is 1. The predicted molar refractivity (Wildman–Crippen MR) is 103 cm³/mol. The van der Waals surface area contributed by atoms with Crippen molar-refractivity contribution in [3.05, 3.63) is 34.7 Å². The monoisotopic (exact) mass is 361 g/mol. The van der Waals surface area contributed by atoms with E-state index in [-0.39, 0.29) is 18.3 Å². The first-order valence-corrected chi connectivity index (χ1v) is 9.89. The summed E-state index contributed by atoms with van der Waals surface area (Å²) in [7, 11) is 0. The van der Waals surface area contributed by atoms with Gasteiger partial charge in [0, 0.05) is 17.8 Å². The molecule has 25 heavy (non-hydrogen) atoms. The quantitative estimate of drug-likeness (QED) is 0.610. The molecule has 0 aliphatic carbocycles. The number of benzene rings is 1. The van der Waals surface area contributed by atoms with Gasteiger partial charge in [-0.25, -0.2) is 0 Å². The van der Waals surface area contributed by atoms with Crippen LogP contribution in [0.5, 0.6) is 0 Å². The van der Waals surface area contributed by atoms with Crippen LogP contribution < -0.4 is 0 Å². The van der Waals surface area contributed by atoms with Crippen molar-refractivity contribution in [2.75, 3.05) is 19.7 Å². The van der Waals surface area contributed by atoms with Crippen molar-refractivity contribution in [3.63, 3.8) is 0 Å². The number of ether oxygens (including phenoxy) is 1. The lowest BCUT2D eigenvalue weighted by Crippen LogP contribution is -2.34. The molecule has 0 N–H and O–H groups in total. The third-order valence-electron chi connectivity index (χ3n) is 4.06. The van der Waals surface area contributed by atoms with Gasteiger partial charge in [0.05, 0.1) is 17.9 Å². The van der Waals surface area contributed by atoms with E-state index in [2.05, 4.69) is 19.1 Å². The van der Waals surface area contributed by atoms with Gasteiger partial charge in [-0.1, -0.05) is 38.5 Å². The lowest BCUT2D eigenvalue weighted by Gasteiger charge is -2.21. The minimum absolute atomic E-state index is 0.0378. The third kappa shape index (κ3) is 4.82. The highest BCUT2D eigenvalue weighted by Gasteiger charge is 2.23. The maximum absolute atomic E-state index is 13.2. The van der Waals surface area contributed by atoms with Crippen molar-refractivity contribution in [1.29, 1.82) is 0 Å². The topological polar surface area (TPSA) is 46.6 Å². The van der Waals surface area contributed by atoms with Gasteiger partial charge in [0.2, 0.25) is 0 Å². The van der Waals surface area contributed by atoms with E-state index in [0.29, 0.717) is 19.7 Å². The second-order valence-corrected chi connectivity index (χ2v) is 7.06. The summed E-state index contributed by atoms with van der Waals surface area (Å²) in [5.74, 6) is -0.211. The molecule has 2 aromatic rings. The Bertz CT molecular complexity index is 723. The molecule has 0 aliphatic rings. The van der Waals surface area contributed by atoms with Gasteiger partial charge in [0.25, 0.3) is 5.91 Å². The lowest BCUT2D eigenvalue weighted by molar-refractivity contribution is -0.143. The molecule has 5 heteroatoms. The fourth-order valence-electron chi connectivity index (χ4n) is 2.96. The summed E-state index contributed by atoms with van der Waals surface area (Å²) in [6.45, 7) is 7.40. The molecule has 0 aliphatic heterocycles. The van der Waals surface area contributed by atoms with Crippen LogP contribution in [0.3, 0.4) is 0 Å². The van der Waals surface area contributed by atoms with Gasteiger partial charge in [-0.15, -0.1) is 11.3 Å². The Kier molecular flexibility index (Phi) is 7.44. The Morgan fingerprint density at radius 1 is 1.08 bits per heavy atom. The summed E-state index contributed by atoms with van der Waals surface area (Å²) < 4.78 is 6.14. The van der Waals surface area contributed by atoms with E-state index in [1.165, 1.54) is 5.39 Å². The highest BCUT2D eigenvalue weighted by atomic mass is 32.1. The minimum Gasteiger partial charge on any atom is -0.466 e. The summed E-state index contributed by atoms with van der Waals surface area (Å²) in [6, 6.07) is 8.19. The SMILES string of the molecule is CCCc1c(C(=O)N(CCC)CCC(=O)OCC)sc2ccccc12. The number of carbonyl (C=O) groups is 2. The number of amides is 1. The number of esters is 1. The number of hydrogen-bond donors (Lipinski definition) is 0. The van der Waals surface area contributed by atoms with Gasteiger partial charge in [0.1, 0.15) is 0 Å². The van der Waals surface area contributed by atoms with E-state index in [1.807, 2.05) is 19.1 Å². The van der Waals surface area contributed by atoms with Crippen molar-refractivity contribution in [2.45, 2.75) is 46.5 Å². The Balaban J connectivity index is 2.27. The highest BCUT2D eigenvalue weighted by Crippen LogP contribution is 2.33. The Hall–Kier alpha value is -1.88. The van der Waals surface area contributed by atoms with Gasteiger partial charge in [-0.05, 0) is 36.8 Å². The maximum Gasteiger partial charge on any atom is 0.307 e. The van der Waals surface area contributed by atoms with Crippen LogP contribution >= 0.6 is 11.3 Å². The van der Waals surface area contributed by atoms with Crippen LogP contribution in [0, 0.1) is 0 Å². The second-order valence-electron chi connectivity index (χ2n) is 6.00. The lowest BCUT2D eigenvalue weighted by atomic mass is 10.1. The van der Waals surface area contributed by atoms with Crippen molar-refractivity contribution >= 4 is 33.3 Å². The van der Waals surface area contributed by atoms with Gasteiger partial charge < -0.3 is 9.64 Å². The molecule has 0 unspecified atom stereocenters. The van der Waals surface area contributed by atoms with E-state index in [1.54, 1.807) is 23.2 Å². The van der Waals surface area contributed by atoms with Crippen LogP contribution in [-0.2, 0) is 16.0 Å². The number of rotatable bonds is 9. The molecule has 0 spiro atoms. The summed E-state index contributed by atoms with van der Waals surface area (Å²) in [5, 5.41) is 1.18. The molecule has 4 nitrogen and oxygen atoms in total. The number of fused-ring (bicyclic) bond motifs is 1. The Morgan fingerprint density at radius 3 is 2.52 bits per heavy atom. The smallest absolute Gasteiger partial charge is 0.307 e. The van der Waals surface area contributed by atoms with E-state index >= 15 is 0 Å².